The minimum absolute atomic E-state index is 0.0367. The van der Waals surface area contributed by atoms with Crippen LogP contribution in [0.15, 0.2) is 0 Å². The van der Waals surface area contributed by atoms with Gasteiger partial charge in [-0.1, -0.05) is 174 Å². The Bertz CT molecular complexity index is 850. The van der Waals surface area contributed by atoms with Crippen molar-refractivity contribution in [3.63, 3.8) is 0 Å². The predicted octanol–water partition coefficient (Wildman–Crippen LogP) is 11.6. The van der Waals surface area contributed by atoms with E-state index in [0.717, 1.165) is 38.5 Å². The lowest BCUT2D eigenvalue weighted by atomic mass is 10.0. The molecule has 0 radical (unpaired) electrons. The van der Waals surface area contributed by atoms with E-state index in [2.05, 4.69) is 13.8 Å². The zero-order chi connectivity index (χ0) is 37.9. The van der Waals surface area contributed by atoms with Crippen LogP contribution in [0, 0.1) is 0 Å². The average molecular weight is 749 g/mol. The molecule has 10 heteroatoms. The third-order valence-electron chi connectivity index (χ3n) is 9.39. The quantitative estimate of drug-likeness (QED) is 0.0286. The molecule has 0 amide bonds. The molecule has 0 aromatic carbocycles. The van der Waals surface area contributed by atoms with Crippen LogP contribution in [0.1, 0.15) is 200 Å². The molecule has 0 bridgehead atoms. The Morgan fingerprint density at radius 2 is 0.882 bits per heavy atom. The molecule has 0 rings (SSSR count). The molecule has 0 aliphatic rings. The maximum atomic E-state index is 12.7. The standard InChI is InChI=1S/C41H82NO8P/c1-6-8-10-12-14-16-18-20-21-22-24-26-28-30-32-34-41(44)50-39(38-49-51(45,46)48-36-35-42(3,4)5)37-47-40(43)33-31-29-27-25-23-19-17-15-13-11-9-7-2/h39H,6-38H2,1-5H3/p+1/t39-/m1/s1. The topological polar surface area (TPSA) is 108 Å². The van der Waals surface area contributed by atoms with E-state index in [-0.39, 0.29) is 25.6 Å². The molecule has 1 N–H and O–H groups in total. The van der Waals surface area contributed by atoms with Crippen LogP contribution in [0.5, 0.6) is 0 Å². The second kappa shape index (κ2) is 34.8. The smallest absolute Gasteiger partial charge is 0.462 e. The molecule has 51 heavy (non-hydrogen) atoms. The normalized spacial score (nSPS) is 13.6. The summed E-state index contributed by atoms with van der Waals surface area (Å²) in [6, 6.07) is 0. The Balaban J connectivity index is 4.34. The number of esters is 2. The van der Waals surface area contributed by atoms with Crippen molar-refractivity contribution < 1.29 is 42.1 Å². The first kappa shape index (κ1) is 50.0. The molecule has 0 aromatic rings. The third-order valence-corrected chi connectivity index (χ3v) is 10.4. The molecule has 0 aromatic heterocycles. The summed E-state index contributed by atoms with van der Waals surface area (Å²) >= 11 is 0. The van der Waals surface area contributed by atoms with Gasteiger partial charge in [0.15, 0.2) is 6.10 Å². The highest BCUT2D eigenvalue weighted by Gasteiger charge is 2.27. The van der Waals surface area contributed by atoms with Gasteiger partial charge in [0, 0.05) is 12.8 Å². The van der Waals surface area contributed by atoms with Crippen molar-refractivity contribution in [3.05, 3.63) is 0 Å². The molecule has 304 valence electrons. The van der Waals surface area contributed by atoms with Gasteiger partial charge < -0.3 is 18.9 Å². The number of likely N-dealkylation sites (N-methyl/N-ethyl adjacent to an activating group) is 1. The number of nitrogens with zero attached hydrogens (tertiary/aromatic N) is 1. The van der Waals surface area contributed by atoms with Crippen molar-refractivity contribution >= 4 is 19.8 Å². The zero-order valence-corrected chi connectivity index (χ0v) is 35.0. The minimum atomic E-state index is -4.36. The molecule has 9 nitrogen and oxygen atoms in total. The van der Waals surface area contributed by atoms with E-state index in [0.29, 0.717) is 17.4 Å². The first-order valence-electron chi connectivity index (χ1n) is 21.3. The number of quaternary nitrogens is 1. The summed E-state index contributed by atoms with van der Waals surface area (Å²) in [6.07, 6.45) is 32.8. The number of ether oxygens (including phenoxy) is 2. The van der Waals surface area contributed by atoms with Crippen LogP contribution in [0.3, 0.4) is 0 Å². The van der Waals surface area contributed by atoms with Gasteiger partial charge in [0.2, 0.25) is 0 Å². The Labute approximate surface area is 314 Å². The lowest BCUT2D eigenvalue weighted by Crippen LogP contribution is -2.37. The van der Waals surface area contributed by atoms with E-state index >= 15 is 0 Å². The lowest BCUT2D eigenvalue weighted by molar-refractivity contribution is -0.870. The number of phosphoric acid groups is 1. The zero-order valence-electron chi connectivity index (χ0n) is 34.1. The van der Waals surface area contributed by atoms with Gasteiger partial charge in [-0.3, -0.25) is 18.6 Å². The Morgan fingerprint density at radius 1 is 0.529 bits per heavy atom. The molecule has 0 heterocycles. The van der Waals surface area contributed by atoms with Crippen LogP contribution in [-0.4, -0.2) is 74.9 Å². The first-order valence-corrected chi connectivity index (χ1v) is 22.8. The van der Waals surface area contributed by atoms with Crippen LogP contribution in [-0.2, 0) is 32.7 Å². The fourth-order valence-corrected chi connectivity index (χ4v) is 6.76. The summed E-state index contributed by atoms with van der Waals surface area (Å²) < 4.78 is 34.3. The molecule has 1 unspecified atom stereocenters. The number of carbonyl (C=O) groups excluding carboxylic acids is 2. The lowest BCUT2D eigenvalue weighted by Gasteiger charge is -2.24. The maximum Gasteiger partial charge on any atom is 0.472 e. The van der Waals surface area contributed by atoms with Gasteiger partial charge >= 0.3 is 19.8 Å². The van der Waals surface area contributed by atoms with E-state index in [1.807, 2.05) is 21.1 Å². The number of carbonyl (C=O) groups is 2. The van der Waals surface area contributed by atoms with Crippen LogP contribution in [0.4, 0.5) is 0 Å². The first-order chi connectivity index (χ1) is 24.5. The van der Waals surface area contributed by atoms with E-state index in [1.54, 1.807) is 0 Å². The van der Waals surface area contributed by atoms with Crippen molar-refractivity contribution in [2.24, 2.45) is 0 Å². The maximum absolute atomic E-state index is 12.7. The summed E-state index contributed by atoms with van der Waals surface area (Å²) in [6.45, 7) is 4.44. The van der Waals surface area contributed by atoms with Gasteiger partial charge in [0.25, 0.3) is 0 Å². The SMILES string of the molecule is CCCCCCCCCCCCCCCCCC(=O)O[C@H](COC(=O)CCCCCCCCCCCCCC)COP(=O)(O)OCC[N+](C)(C)C. The van der Waals surface area contributed by atoms with Crippen LogP contribution >= 0.6 is 7.82 Å². The minimum Gasteiger partial charge on any atom is -0.462 e. The van der Waals surface area contributed by atoms with Crippen molar-refractivity contribution in [2.75, 3.05) is 47.5 Å². The third kappa shape index (κ3) is 38.5. The number of rotatable bonds is 39. The molecular weight excluding hydrogens is 665 g/mol. The van der Waals surface area contributed by atoms with E-state index < -0.39 is 26.5 Å². The summed E-state index contributed by atoms with van der Waals surface area (Å²) in [7, 11) is 1.49. The van der Waals surface area contributed by atoms with Gasteiger partial charge in [0.05, 0.1) is 27.7 Å². The van der Waals surface area contributed by atoms with Crippen LogP contribution in [0.2, 0.25) is 0 Å². The van der Waals surface area contributed by atoms with Crippen LogP contribution in [0.25, 0.3) is 0 Å². The van der Waals surface area contributed by atoms with Crippen molar-refractivity contribution in [3.8, 4) is 0 Å². The highest BCUT2D eigenvalue weighted by molar-refractivity contribution is 7.47. The Kier molecular flexibility index (Phi) is 34.1. The molecule has 0 aliphatic heterocycles. The second-order valence-corrected chi connectivity index (χ2v) is 17.2. The Morgan fingerprint density at radius 3 is 1.25 bits per heavy atom. The number of phosphoric ester groups is 1. The number of hydrogen-bond donors (Lipinski definition) is 1. The highest BCUT2D eigenvalue weighted by Crippen LogP contribution is 2.43. The largest absolute Gasteiger partial charge is 0.472 e. The predicted molar refractivity (Wildman–Crippen MR) is 211 cm³/mol. The van der Waals surface area contributed by atoms with E-state index in [9.17, 15) is 19.0 Å². The van der Waals surface area contributed by atoms with Gasteiger partial charge in [0.1, 0.15) is 19.8 Å². The average Bonchev–Trinajstić information content (AvgIpc) is 3.07. The molecule has 2 atom stereocenters. The molecule has 0 saturated heterocycles. The molecule has 0 aliphatic carbocycles. The number of unbranched alkanes of at least 4 members (excludes halogenated alkanes) is 25. The summed E-state index contributed by atoms with van der Waals surface area (Å²) in [5.74, 6) is -0.786. The van der Waals surface area contributed by atoms with Crippen molar-refractivity contribution in [1.29, 1.82) is 0 Å². The highest BCUT2D eigenvalue weighted by atomic mass is 31.2. The van der Waals surface area contributed by atoms with Gasteiger partial charge in [-0.05, 0) is 12.8 Å². The summed E-state index contributed by atoms with van der Waals surface area (Å²) in [4.78, 5) is 35.3. The molecule has 0 spiro atoms. The van der Waals surface area contributed by atoms with Gasteiger partial charge in [-0.25, -0.2) is 4.57 Å². The van der Waals surface area contributed by atoms with Gasteiger partial charge in [-0.2, -0.15) is 0 Å². The van der Waals surface area contributed by atoms with Crippen LogP contribution < -0.4 is 0 Å². The fourth-order valence-electron chi connectivity index (χ4n) is 6.01. The monoisotopic (exact) mass is 749 g/mol. The fraction of sp³-hybridized carbons (Fsp3) is 0.951. The van der Waals surface area contributed by atoms with Gasteiger partial charge in [-0.15, -0.1) is 0 Å². The molecular formula is C41H83NO8P+. The van der Waals surface area contributed by atoms with E-state index in [1.165, 1.54) is 135 Å². The number of hydrogen-bond acceptors (Lipinski definition) is 7. The van der Waals surface area contributed by atoms with Crippen molar-refractivity contribution in [2.45, 2.75) is 206 Å². The summed E-state index contributed by atoms with van der Waals surface area (Å²) in [5, 5.41) is 0. The van der Waals surface area contributed by atoms with Crippen molar-refractivity contribution in [1.82, 2.24) is 0 Å². The Hall–Kier alpha value is -0.990. The van der Waals surface area contributed by atoms with E-state index in [4.69, 9.17) is 18.5 Å². The molecule has 0 saturated carbocycles. The molecule has 0 fully saturated rings. The second-order valence-electron chi connectivity index (χ2n) is 15.7. The summed E-state index contributed by atoms with van der Waals surface area (Å²) in [5.41, 5.74) is 0.